The fourth-order valence-corrected chi connectivity index (χ4v) is 2.85. The van der Waals surface area contributed by atoms with E-state index in [-0.39, 0.29) is 5.56 Å². The van der Waals surface area contributed by atoms with Gasteiger partial charge in [-0.05, 0) is 13.3 Å². The number of hydrogen-bond acceptors (Lipinski definition) is 7. The van der Waals surface area contributed by atoms with E-state index < -0.39 is 6.10 Å². The summed E-state index contributed by atoms with van der Waals surface area (Å²) >= 11 is 1.33. The van der Waals surface area contributed by atoms with E-state index in [2.05, 4.69) is 20.4 Å². The van der Waals surface area contributed by atoms with Gasteiger partial charge in [0.05, 0.1) is 18.8 Å². The normalized spacial score (nSPS) is 12.9. The molecule has 1 atom stereocenters. The van der Waals surface area contributed by atoms with Crippen LogP contribution in [0.15, 0.2) is 17.1 Å². The van der Waals surface area contributed by atoms with Gasteiger partial charge in [-0.15, -0.1) is 5.10 Å². The Labute approximate surface area is 123 Å². The largest absolute Gasteiger partial charge is 0.387 e. The highest BCUT2D eigenvalue weighted by Crippen LogP contribution is 2.15. The predicted molar refractivity (Wildman–Crippen MR) is 76.2 cm³/mol. The molecule has 3 aromatic heterocycles. The van der Waals surface area contributed by atoms with Crippen molar-refractivity contribution in [3.63, 3.8) is 0 Å². The third-order valence-corrected chi connectivity index (χ3v) is 3.89. The quantitative estimate of drug-likeness (QED) is 0.755. The van der Waals surface area contributed by atoms with Crippen LogP contribution in [0.4, 0.5) is 0 Å². The molecule has 3 heterocycles. The molecule has 0 saturated heterocycles. The standard InChI is InChI=1S/C12H14N6O2S/c1-3-9(19)8-5-17(16-14-8)6-10-15-18-11(20)4-7(2)13-12(18)21-10/h4-5,9,19H,3,6H2,1-2H3. The van der Waals surface area contributed by atoms with Crippen molar-refractivity contribution in [2.24, 2.45) is 0 Å². The molecule has 0 spiro atoms. The van der Waals surface area contributed by atoms with Crippen molar-refractivity contribution in [2.45, 2.75) is 32.9 Å². The number of aliphatic hydroxyl groups excluding tert-OH is 1. The van der Waals surface area contributed by atoms with Crippen LogP contribution in [0.3, 0.4) is 0 Å². The molecule has 9 heteroatoms. The zero-order valence-electron chi connectivity index (χ0n) is 11.6. The molecule has 0 radical (unpaired) electrons. The van der Waals surface area contributed by atoms with E-state index in [1.165, 1.54) is 21.9 Å². The number of aliphatic hydroxyl groups is 1. The van der Waals surface area contributed by atoms with Crippen LogP contribution < -0.4 is 5.56 Å². The molecular weight excluding hydrogens is 292 g/mol. The molecule has 0 bridgehead atoms. The monoisotopic (exact) mass is 306 g/mol. The first kappa shape index (κ1) is 13.8. The summed E-state index contributed by atoms with van der Waals surface area (Å²) in [4.78, 5) is 16.6. The van der Waals surface area contributed by atoms with E-state index in [1.54, 1.807) is 17.8 Å². The molecule has 0 saturated carbocycles. The first-order valence-corrected chi connectivity index (χ1v) is 7.33. The zero-order valence-corrected chi connectivity index (χ0v) is 12.4. The van der Waals surface area contributed by atoms with Crippen molar-refractivity contribution in [1.82, 2.24) is 29.6 Å². The summed E-state index contributed by atoms with van der Waals surface area (Å²) in [6.07, 6.45) is 1.65. The lowest BCUT2D eigenvalue weighted by Gasteiger charge is -2.00. The Balaban J connectivity index is 1.90. The zero-order chi connectivity index (χ0) is 15.0. The number of aryl methyl sites for hydroxylation is 1. The van der Waals surface area contributed by atoms with Gasteiger partial charge in [0.1, 0.15) is 10.7 Å². The summed E-state index contributed by atoms with van der Waals surface area (Å²) in [6.45, 7) is 4.03. The second kappa shape index (κ2) is 5.34. The molecule has 110 valence electrons. The van der Waals surface area contributed by atoms with Gasteiger partial charge in [0.2, 0.25) is 4.96 Å². The third-order valence-electron chi connectivity index (χ3n) is 3.00. The van der Waals surface area contributed by atoms with Gasteiger partial charge in [0.25, 0.3) is 5.56 Å². The summed E-state index contributed by atoms with van der Waals surface area (Å²) in [5.74, 6) is 0. The maximum atomic E-state index is 11.8. The van der Waals surface area contributed by atoms with Crippen LogP contribution in [0.2, 0.25) is 0 Å². The molecule has 0 aromatic carbocycles. The fourth-order valence-electron chi connectivity index (χ4n) is 1.92. The maximum Gasteiger partial charge on any atom is 0.275 e. The Morgan fingerprint density at radius 3 is 3.05 bits per heavy atom. The molecule has 8 nitrogen and oxygen atoms in total. The summed E-state index contributed by atoms with van der Waals surface area (Å²) in [5, 5.41) is 22.5. The maximum absolute atomic E-state index is 11.8. The van der Waals surface area contributed by atoms with Crippen LogP contribution in [0, 0.1) is 6.92 Å². The molecule has 3 rings (SSSR count). The van der Waals surface area contributed by atoms with Crippen molar-refractivity contribution in [3.05, 3.63) is 39.0 Å². The SMILES string of the molecule is CCC(O)c1cn(Cc2nn3c(=O)cc(C)nc3s2)nn1. The summed E-state index contributed by atoms with van der Waals surface area (Å²) < 4.78 is 2.87. The van der Waals surface area contributed by atoms with E-state index >= 15 is 0 Å². The fraction of sp³-hybridized carbons (Fsp3) is 0.417. The Kier molecular flexibility index (Phi) is 3.52. The first-order valence-electron chi connectivity index (χ1n) is 6.51. The van der Waals surface area contributed by atoms with Gasteiger partial charge in [-0.1, -0.05) is 23.5 Å². The Bertz CT molecular complexity index is 836. The van der Waals surface area contributed by atoms with Crippen molar-refractivity contribution < 1.29 is 5.11 Å². The van der Waals surface area contributed by atoms with Gasteiger partial charge in [-0.3, -0.25) is 4.79 Å². The average Bonchev–Trinajstić information content (AvgIpc) is 3.05. The van der Waals surface area contributed by atoms with Gasteiger partial charge in [-0.2, -0.15) is 9.61 Å². The van der Waals surface area contributed by atoms with E-state index in [1.807, 2.05) is 6.92 Å². The minimum Gasteiger partial charge on any atom is -0.387 e. The predicted octanol–water partition coefficient (Wildman–Crippen LogP) is 0.543. The summed E-state index contributed by atoms with van der Waals surface area (Å²) in [6, 6.07) is 1.45. The van der Waals surface area contributed by atoms with Crippen molar-refractivity contribution >= 4 is 16.3 Å². The number of hydrogen-bond donors (Lipinski definition) is 1. The topological polar surface area (TPSA) is 98.2 Å². The van der Waals surface area contributed by atoms with Crippen LogP contribution in [0.5, 0.6) is 0 Å². The number of nitrogens with zero attached hydrogens (tertiary/aromatic N) is 6. The lowest BCUT2D eigenvalue weighted by Crippen LogP contribution is -2.14. The molecule has 1 N–H and O–H groups in total. The Hall–Kier alpha value is -2.13. The van der Waals surface area contributed by atoms with Gasteiger partial charge in [0.15, 0.2) is 0 Å². The van der Waals surface area contributed by atoms with Gasteiger partial charge >= 0.3 is 0 Å². The highest BCUT2D eigenvalue weighted by molar-refractivity contribution is 7.16. The number of aromatic nitrogens is 6. The van der Waals surface area contributed by atoms with E-state index in [9.17, 15) is 9.90 Å². The van der Waals surface area contributed by atoms with Crippen molar-refractivity contribution in [2.75, 3.05) is 0 Å². The lowest BCUT2D eigenvalue weighted by molar-refractivity contribution is 0.168. The minimum atomic E-state index is -0.610. The molecule has 0 fully saturated rings. The molecule has 0 aliphatic heterocycles. The molecule has 0 amide bonds. The lowest BCUT2D eigenvalue weighted by atomic mass is 10.2. The molecule has 0 aliphatic rings. The third kappa shape index (κ3) is 2.69. The van der Waals surface area contributed by atoms with Gasteiger partial charge in [0, 0.05) is 11.8 Å². The Morgan fingerprint density at radius 2 is 2.29 bits per heavy atom. The van der Waals surface area contributed by atoms with Crippen LogP contribution in [-0.4, -0.2) is 34.7 Å². The van der Waals surface area contributed by atoms with Crippen LogP contribution in [0.1, 0.15) is 35.8 Å². The second-order valence-electron chi connectivity index (χ2n) is 4.69. The van der Waals surface area contributed by atoms with Crippen LogP contribution in [0.25, 0.3) is 4.96 Å². The molecule has 0 aliphatic carbocycles. The second-order valence-corrected chi connectivity index (χ2v) is 5.73. The first-order chi connectivity index (χ1) is 10.1. The van der Waals surface area contributed by atoms with Crippen LogP contribution >= 0.6 is 11.3 Å². The molecule has 1 unspecified atom stereocenters. The summed E-state index contributed by atoms with van der Waals surface area (Å²) in [7, 11) is 0. The van der Waals surface area contributed by atoms with E-state index in [0.29, 0.717) is 34.3 Å². The van der Waals surface area contributed by atoms with E-state index in [4.69, 9.17) is 0 Å². The highest BCUT2D eigenvalue weighted by Gasteiger charge is 2.12. The Morgan fingerprint density at radius 1 is 1.48 bits per heavy atom. The summed E-state index contributed by atoms with van der Waals surface area (Å²) in [5.41, 5.74) is 1.01. The highest BCUT2D eigenvalue weighted by atomic mass is 32.1. The number of rotatable bonds is 4. The van der Waals surface area contributed by atoms with Crippen LogP contribution in [-0.2, 0) is 6.54 Å². The minimum absolute atomic E-state index is 0.194. The van der Waals surface area contributed by atoms with Crippen molar-refractivity contribution in [1.29, 1.82) is 0 Å². The van der Waals surface area contributed by atoms with Crippen molar-refractivity contribution in [3.8, 4) is 0 Å². The van der Waals surface area contributed by atoms with Gasteiger partial charge in [-0.25, -0.2) is 9.67 Å². The van der Waals surface area contributed by atoms with Gasteiger partial charge < -0.3 is 5.11 Å². The molecular formula is C12H14N6O2S. The molecule has 3 aromatic rings. The average molecular weight is 306 g/mol. The van der Waals surface area contributed by atoms with E-state index in [0.717, 1.165) is 0 Å². The number of fused-ring (bicyclic) bond motifs is 1. The smallest absolute Gasteiger partial charge is 0.275 e. The molecule has 21 heavy (non-hydrogen) atoms.